The van der Waals surface area contributed by atoms with Crippen molar-refractivity contribution in [3.8, 4) is 23.0 Å². The SMILES string of the molecule is COc1cc2c(cc1OCCCOc1cc3c(cc1OC)C(=O)N1C=C(C4CC4)CC1C=N3)N=CCCC(c1ccc(NC(=O)C(C)NC(=O)C(NC(=O)CCOCCOCCOCCOCCOCCOCCOCCOCCNC(=O)CCN3C(=O)C=CC3=O)C(C)C)cc1)=CNC2=O. The van der Waals surface area contributed by atoms with Crippen LogP contribution in [0.15, 0.2) is 88.6 Å². The number of carbonyl (C=O) groups is 8. The second-order valence-electron chi connectivity index (χ2n) is 24.3. The number of fused-ring (bicyclic) bond motifs is 3. The predicted molar refractivity (Wildman–Crippen MR) is 372 cm³/mol. The Hall–Kier alpha value is -8.94. The first-order valence-electron chi connectivity index (χ1n) is 34.3. The van der Waals surface area contributed by atoms with Crippen molar-refractivity contribution in [1.29, 1.82) is 0 Å². The average molecular weight is 1410 g/mol. The lowest BCUT2D eigenvalue weighted by atomic mass is 10.0. The van der Waals surface area contributed by atoms with Gasteiger partial charge in [0.05, 0.1) is 162 Å². The molecule has 1 fully saturated rings. The lowest BCUT2D eigenvalue weighted by Gasteiger charge is -2.24. The van der Waals surface area contributed by atoms with Crippen LogP contribution in [0.3, 0.4) is 0 Å². The molecule has 0 spiro atoms. The summed E-state index contributed by atoms with van der Waals surface area (Å²) in [6.07, 6.45) is 14.3. The van der Waals surface area contributed by atoms with Crippen LogP contribution in [0, 0.1) is 11.8 Å². The van der Waals surface area contributed by atoms with Crippen LogP contribution in [0.5, 0.6) is 23.0 Å². The maximum absolute atomic E-state index is 13.7. The highest BCUT2D eigenvalue weighted by Crippen LogP contribution is 2.44. The van der Waals surface area contributed by atoms with Gasteiger partial charge in [-0.05, 0) is 91.8 Å². The van der Waals surface area contributed by atoms with Gasteiger partial charge in [0.15, 0.2) is 23.0 Å². The summed E-state index contributed by atoms with van der Waals surface area (Å²) in [5, 5.41) is 13.9. The van der Waals surface area contributed by atoms with E-state index in [0.717, 1.165) is 22.5 Å². The number of rotatable bonds is 46. The number of ether oxygens (including phenoxy) is 12. The summed E-state index contributed by atoms with van der Waals surface area (Å²) in [4.78, 5) is 114. The monoisotopic (exact) mass is 1410 g/mol. The van der Waals surface area contributed by atoms with Crippen molar-refractivity contribution >= 4 is 82.3 Å². The molecule has 0 bridgehead atoms. The zero-order chi connectivity index (χ0) is 71.7. The molecule has 0 aromatic heterocycles. The van der Waals surface area contributed by atoms with Gasteiger partial charge in [0.1, 0.15) is 12.1 Å². The molecule has 8 amide bonds. The van der Waals surface area contributed by atoms with Gasteiger partial charge >= 0.3 is 0 Å². The number of carbonyl (C=O) groups excluding carboxylic acids is 8. The number of nitrogens with one attached hydrogen (secondary N) is 5. The fourth-order valence-corrected chi connectivity index (χ4v) is 10.8. The van der Waals surface area contributed by atoms with Crippen LogP contribution in [0.4, 0.5) is 17.1 Å². The van der Waals surface area contributed by atoms with Crippen LogP contribution >= 0.6 is 0 Å². The van der Waals surface area contributed by atoms with Crippen molar-refractivity contribution in [2.45, 2.75) is 90.3 Å². The summed E-state index contributed by atoms with van der Waals surface area (Å²) in [7, 11) is 3.03. The van der Waals surface area contributed by atoms with Crippen LogP contribution in [0.1, 0.15) is 98.4 Å². The fourth-order valence-electron chi connectivity index (χ4n) is 10.8. The quantitative estimate of drug-likeness (QED) is 0.0340. The first kappa shape index (κ1) is 77.8. The number of aliphatic imine (C=N–C) groups is 2. The minimum Gasteiger partial charge on any atom is -0.493 e. The first-order valence-corrected chi connectivity index (χ1v) is 34.3. The molecule has 101 heavy (non-hydrogen) atoms. The maximum Gasteiger partial charge on any atom is 0.260 e. The van der Waals surface area contributed by atoms with Gasteiger partial charge in [0.25, 0.3) is 23.6 Å². The Morgan fingerprint density at radius 2 is 1.15 bits per heavy atom. The summed E-state index contributed by atoms with van der Waals surface area (Å²) in [6.45, 7) is 11.6. The molecule has 8 rings (SSSR count). The third kappa shape index (κ3) is 25.3. The van der Waals surface area contributed by atoms with E-state index >= 15 is 0 Å². The third-order valence-electron chi connectivity index (χ3n) is 16.5. The Labute approximate surface area is 588 Å². The summed E-state index contributed by atoms with van der Waals surface area (Å²) in [5.41, 5.74) is 5.08. The van der Waals surface area contributed by atoms with Crippen molar-refractivity contribution in [3.63, 3.8) is 0 Å². The molecule has 3 aromatic rings. The molecule has 0 radical (unpaired) electrons. The van der Waals surface area contributed by atoms with Crippen LogP contribution < -0.4 is 45.5 Å². The molecule has 3 atom stereocenters. The Morgan fingerprint density at radius 1 is 0.604 bits per heavy atom. The molecule has 3 unspecified atom stereocenters. The number of amides is 8. The van der Waals surface area contributed by atoms with Crippen molar-refractivity contribution in [2.75, 3.05) is 152 Å². The second kappa shape index (κ2) is 41.7. The Bertz CT molecular complexity index is 3430. The highest BCUT2D eigenvalue weighted by atomic mass is 16.6. The zero-order valence-electron chi connectivity index (χ0n) is 58.2. The number of nitrogens with zero attached hydrogens (tertiary/aromatic N) is 4. The van der Waals surface area contributed by atoms with E-state index in [0.29, 0.717) is 170 Å². The Balaban J connectivity index is 0.621. The van der Waals surface area contributed by atoms with Crippen LogP contribution in [-0.2, 0) is 66.7 Å². The number of allylic oxidation sites excluding steroid dienone is 1. The molecule has 29 heteroatoms. The summed E-state index contributed by atoms with van der Waals surface area (Å²) in [5.74, 6) is -1.05. The van der Waals surface area contributed by atoms with Crippen LogP contribution in [0.2, 0.25) is 0 Å². The number of imide groups is 1. The smallest absolute Gasteiger partial charge is 0.260 e. The van der Waals surface area contributed by atoms with Crippen molar-refractivity contribution in [3.05, 3.63) is 95.3 Å². The van der Waals surface area contributed by atoms with Gasteiger partial charge in [-0.3, -0.25) is 53.2 Å². The van der Waals surface area contributed by atoms with Gasteiger partial charge in [0, 0.05) is 87.2 Å². The van der Waals surface area contributed by atoms with E-state index in [2.05, 4.69) is 31.6 Å². The molecular formula is C72H95N9O20. The Morgan fingerprint density at radius 3 is 1.70 bits per heavy atom. The van der Waals surface area contributed by atoms with Crippen LogP contribution in [0.25, 0.3) is 5.57 Å². The van der Waals surface area contributed by atoms with E-state index in [-0.39, 0.29) is 81.1 Å². The molecule has 5 aliphatic rings. The lowest BCUT2D eigenvalue weighted by molar-refractivity contribution is -0.137. The summed E-state index contributed by atoms with van der Waals surface area (Å²) >= 11 is 0. The molecule has 29 nitrogen and oxygen atoms in total. The molecule has 0 saturated heterocycles. The molecule has 4 heterocycles. The van der Waals surface area contributed by atoms with Crippen LogP contribution in [-0.4, -0.2) is 234 Å². The zero-order valence-corrected chi connectivity index (χ0v) is 58.2. The van der Waals surface area contributed by atoms with E-state index in [9.17, 15) is 38.4 Å². The molecule has 3 aromatic carbocycles. The molecule has 548 valence electrons. The normalized spacial score (nSPS) is 16.2. The predicted octanol–water partition coefficient (Wildman–Crippen LogP) is 5.58. The largest absolute Gasteiger partial charge is 0.493 e. The third-order valence-corrected chi connectivity index (χ3v) is 16.5. The molecule has 1 saturated carbocycles. The van der Waals surface area contributed by atoms with Gasteiger partial charge in [-0.25, -0.2) is 0 Å². The van der Waals surface area contributed by atoms with E-state index in [1.54, 1.807) is 74.5 Å². The molecule has 1 aliphatic carbocycles. The topological polar surface area (TPSA) is 339 Å². The number of hydrogen-bond acceptors (Lipinski definition) is 22. The first-order chi connectivity index (χ1) is 49.1. The highest BCUT2D eigenvalue weighted by Gasteiger charge is 2.38. The van der Waals surface area contributed by atoms with Crippen molar-refractivity contribution in [2.24, 2.45) is 21.8 Å². The van der Waals surface area contributed by atoms with Gasteiger partial charge < -0.3 is 88.3 Å². The molecule has 4 aliphatic heterocycles. The highest BCUT2D eigenvalue weighted by molar-refractivity contribution is 6.13. The number of benzene rings is 3. The van der Waals surface area contributed by atoms with Crippen molar-refractivity contribution < 1.29 is 95.2 Å². The summed E-state index contributed by atoms with van der Waals surface area (Å²) < 4.78 is 67.7. The maximum atomic E-state index is 13.7. The fraction of sp³-hybridized carbons (Fsp3) is 0.528. The van der Waals surface area contributed by atoms with Gasteiger partial charge in [-0.1, -0.05) is 26.0 Å². The molecule has 5 N–H and O–H groups in total. The lowest BCUT2D eigenvalue weighted by Crippen LogP contribution is -2.53. The van der Waals surface area contributed by atoms with E-state index < -0.39 is 41.6 Å². The van der Waals surface area contributed by atoms with E-state index in [1.165, 1.54) is 44.8 Å². The standard InChI is InChI=1S/C72H95N9O20/c1-48(2)68(79-65(83)18-24-92-26-28-94-30-32-96-34-36-98-38-39-99-37-35-97-33-31-95-29-27-93-25-20-74-64(82)17-21-80-66(84)15-16-67(80)85)71(88)77-49(3)69(86)78-54-13-11-50(12-14-54)52-8-6-19-73-58-43-62(60(90-4)41-56(58)70(87)76-45-52)100-22-7-23-101-63-44-59-57(42-61(63)91-5)72(89)81-47-53(51-9-10-51)40-55(81)46-75-59/h11-16,19,41-49,51,55,68H,6-10,17-18,20-40H2,1-5H3,(H,74,82)(H,76,87)(H,77,88)(H,78,86)(H,79,83). The number of methoxy groups -OCH3 is 2. The average Bonchev–Trinajstić information content (AvgIpc) is 1.65. The van der Waals surface area contributed by atoms with Gasteiger partial charge in [0.2, 0.25) is 23.6 Å². The van der Waals surface area contributed by atoms with E-state index in [1.807, 2.05) is 24.5 Å². The Kier molecular flexibility index (Phi) is 32.1. The summed E-state index contributed by atoms with van der Waals surface area (Å²) in [6, 6.07) is 11.9. The van der Waals surface area contributed by atoms with Gasteiger partial charge in [-0.15, -0.1) is 0 Å². The minimum absolute atomic E-state index is 0.0122. The second-order valence-corrected chi connectivity index (χ2v) is 24.3. The van der Waals surface area contributed by atoms with Gasteiger partial charge in [-0.2, -0.15) is 0 Å². The number of anilines is 1. The minimum atomic E-state index is -0.945. The van der Waals surface area contributed by atoms with Crippen molar-refractivity contribution in [1.82, 2.24) is 31.1 Å². The number of hydrogen-bond donors (Lipinski definition) is 5. The van der Waals surface area contributed by atoms with E-state index in [4.69, 9.17) is 61.8 Å². The molecular weight excluding hydrogens is 1310 g/mol.